The van der Waals surface area contributed by atoms with Crippen molar-refractivity contribution < 1.29 is 0 Å². The fraction of sp³-hybridized carbons (Fsp3) is 0.143. The molecule has 0 spiro atoms. The van der Waals surface area contributed by atoms with Crippen molar-refractivity contribution in [1.29, 1.82) is 0 Å². The van der Waals surface area contributed by atoms with E-state index in [2.05, 4.69) is 96.8 Å². The monoisotopic (exact) mass is 285 g/mol. The van der Waals surface area contributed by atoms with Crippen LogP contribution in [0.25, 0.3) is 0 Å². The van der Waals surface area contributed by atoms with E-state index < -0.39 is 0 Å². The summed E-state index contributed by atoms with van der Waals surface area (Å²) in [6.45, 7) is 2.33. The molecule has 1 aliphatic heterocycles. The highest BCUT2D eigenvalue weighted by Crippen LogP contribution is 2.51. The van der Waals surface area contributed by atoms with Gasteiger partial charge in [0.2, 0.25) is 0 Å². The van der Waals surface area contributed by atoms with Crippen molar-refractivity contribution in [3.8, 4) is 0 Å². The highest BCUT2D eigenvalue weighted by Gasteiger charge is 2.37. The number of hydrogen-bond donors (Lipinski definition) is 0. The number of nitrogens with zero attached hydrogens (tertiary/aromatic N) is 1. The molecule has 4 rings (SSSR count). The molecule has 108 valence electrons. The van der Waals surface area contributed by atoms with Gasteiger partial charge in [0, 0.05) is 17.3 Å². The number of hydrogen-bond acceptors (Lipinski definition) is 1. The zero-order chi connectivity index (χ0) is 14.9. The summed E-state index contributed by atoms with van der Waals surface area (Å²) in [5.41, 5.74) is 5.39. The van der Waals surface area contributed by atoms with Gasteiger partial charge in [-0.05, 0) is 29.3 Å². The Morgan fingerprint density at radius 2 is 1.27 bits per heavy atom. The average Bonchev–Trinajstić information content (AvgIpc) is 2.90. The number of anilines is 2. The zero-order valence-electron chi connectivity index (χ0n) is 12.7. The summed E-state index contributed by atoms with van der Waals surface area (Å²) in [5.74, 6) is 0.471. The van der Waals surface area contributed by atoms with Crippen LogP contribution in [0.5, 0.6) is 0 Å². The second-order valence-corrected chi connectivity index (χ2v) is 5.91. The molecule has 0 fully saturated rings. The Hall–Kier alpha value is -2.54. The van der Waals surface area contributed by atoms with E-state index >= 15 is 0 Å². The highest BCUT2D eigenvalue weighted by atomic mass is 15.2. The van der Waals surface area contributed by atoms with Crippen molar-refractivity contribution in [1.82, 2.24) is 0 Å². The number of fused-ring (bicyclic) bond motifs is 1. The lowest BCUT2D eigenvalue weighted by Crippen LogP contribution is -2.21. The molecule has 1 heterocycles. The molecule has 0 bridgehead atoms. The van der Waals surface area contributed by atoms with Crippen molar-refractivity contribution in [2.75, 3.05) is 4.90 Å². The Balaban J connectivity index is 1.90. The molecule has 2 atom stereocenters. The molecule has 1 heteroatoms. The number of benzene rings is 3. The first-order valence-electron chi connectivity index (χ1n) is 7.84. The molecule has 3 aromatic rings. The fourth-order valence-corrected chi connectivity index (χ4v) is 3.61. The van der Waals surface area contributed by atoms with Gasteiger partial charge >= 0.3 is 0 Å². The second kappa shape index (κ2) is 5.34. The summed E-state index contributed by atoms with van der Waals surface area (Å²) in [6, 6.07) is 30.7. The van der Waals surface area contributed by atoms with Gasteiger partial charge in [0.1, 0.15) is 0 Å². The molecule has 0 aliphatic carbocycles. The van der Waals surface area contributed by atoms with Crippen molar-refractivity contribution in [3.05, 3.63) is 96.1 Å². The maximum Gasteiger partial charge on any atom is 0.0658 e. The Bertz CT molecular complexity index is 764. The molecule has 1 nitrogen and oxygen atoms in total. The lowest BCUT2D eigenvalue weighted by atomic mass is 9.92. The summed E-state index contributed by atoms with van der Waals surface area (Å²) < 4.78 is 0. The molecule has 0 N–H and O–H groups in total. The van der Waals surface area contributed by atoms with Crippen LogP contribution in [0.1, 0.15) is 30.0 Å². The molecule has 0 aromatic heterocycles. The van der Waals surface area contributed by atoms with Gasteiger partial charge in [-0.2, -0.15) is 0 Å². The Morgan fingerprint density at radius 3 is 2.00 bits per heavy atom. The van der Waals surface area contributed by atoms with Gasteiger partial charge in [-0.15, -0.1) is 0 Å². The van der Waals surface area contributed by atoms with Gasteiger partial charge in [0.25, 0.3) is 0 Å². The highest BCUT2D eigenvalue weighted by molar-refractivity contribution is 5.73. The van der Waals surface area contributed by atoms with E-state index in [1.807, 2.05) is 0 Å². The van der Waals surface area contributed by atoms with E-state index in [0.29, 0.717) is 12.0 Å². The maximum atomic E-state index is 2.48. The fourth-order valence-electron chi connectivity index (χ4n) is 3.61. The Labute approximate surface area is 131 Å². The largest absolute Gasteiger partial charge is 0.333 e. The molecule has 0 saturated heterocycles. The molecule has 0 saturated carbocycles. The number of para-hydroxylation sites is 2. The quantitative estimate of drug-likeness (QED) is 0.585. The zero-order valence-corrected chi connectivity index (χ0v) is 12.7. The van der Waals surface area contributed by atoms with Crippen LogP contribution in [-0.4, -0.2) is 0 Å². The normalized spacial score (nSPS) is 20.0. The summed E-state index contributed by atoms with van der Waals surface area (Å²) in [6.07, 6.45) is 0. The minimum absolute atomic E-state index is 0.348. The van der Waals surface area contributed by atoms with Gasteiger partial charge in [-0.25, -0.2) is 0 Å². The summed E-state index contributed by atoms with van der Waals surface area (Å²) >= 11 is 0. The predicted molar refractivity (Wildman–Crippen MR) is 92.6 cm³/mol. The topological polar surface area (TPSA) is 3.24 Å². The molecule has 0 unspecified atom stereocenters. The molecule has 22 heavy (non-hydrogen) atoms. The van der Waals surface area contributed by atoms with Gasteiger partial charge in [-0.1, -0.05) is 73.7 Å². The Morgan fingerprint density at radius 1 is 0.682 bits per heavy atom. The summed E-state index contributed by atoms with van der Waals surface area (Å²) in [5, 5.41) is 0. The van der Waals surface area contributed by atoms with Crippen molar-refractivity contribution >= 4 is 11.4 Å². The van der Waals surface area contributed by atoms with E-state index in [1.165, 1.54) is 22.5 Å². The van der Waals surface area contributed by atoms with Crippen LogP contribution in [0.3, 0.4) is 0 Å². The van der Waals surface area contributed by atoms with E-state index in [1.54, 1.807) is 0 Å². The second-order valence-electron chi connectivity index (χ2n) is 5.91. The lowest BCUT2D eigenvalue weighted by Gasteiger charge is -2.30. The molecule has 0 radical (unpaired) electrons. The molecular formula is C21H19N. The molecule has 0 amide bonds. The molecule has 1 aliphatic rings. The third-order valence-electron chi connectivity index (χ3n) is 4.61. The third kappa shape index (κ3) is 2.01. The van der Waals surface area contributed by atoms with Crippen molar-refractivity contribution in [2.24, 2.45) is 0 Å². The lowest BCUT2D eigenvalue weighted by molar-refractivity contribution is 0.627. The maximum absolute atomic E-state index is 2.48. The van der Waals surface area contributed by atoms with Crippen LogP contribution in [0.2, 0.25) is 0 Å². The van der Waals surface area contributed by atoms with Crippen molar-refractivity contribution in [2.45, 2.75) is 18.9 Å². The van der Waals surface area contributed by atoms with Crippen LogP contribution in [-0.2, 0) is 0 Å². The average molecular weight is 285 g/mol. The third-order valence-corrected chi connectivity index (χ3v) is 4.61. The molecular weight excluding hydrogens is 266 g/mol. The van der Waals surface area contributed by atoms with Crippen LogP contribution >= 0.6 is 0 Å². The van der Waals surface area contributed by atoms with E-state index in [4.69, 9.17) is 0 Å². The van der Waals surface area contributed by atoms with Gasteiger partial charge in [-0.3, -0.25) is 0 Å². The van der Waals surface area contributed by atoms with Gasteiger partial charge in [0.15, 0.2) is 0 Å². The van der Waals surface area contributed by atoms with Gasteiger partial charge in [0.05, 0.1) is 6.04 Å². The SMILES string of the molecule is C[C@H]1c2ccccc2N(c2ccccc2)[C@@H]1c1ccccc1. The minimum atomic E-state index is 0.348. The van der Waals surface area contributed by atoms with E-state index in [9.17, 15) is 0 Å². The summed E-state index contributed by atoms with van der Waals surface area (Å²) in [7, 11) is 0. The van der Waals surface area contributed by atoms with E-state index in [0.717, 1.165) is 0 Å². The number of rotatable bonds is 2. The van der Waals surface area contributed by atoms with E-state index in [-0.39, 0.29) is 0 Å². The first-order valence-corrected chi connectivity index (χ1v) is 7.84. The van der Waals surface area contributed by atoms with Crippen LogP contribution in [0.4, 0.5) is 11.4 Å². The molecule has 3 aromatic carbocycles. The first kappa shape index (κ1) is 13.1. The van der Waals surface area contributed by atoms with Crippen LogP contribution in [0, 0.1) is 0 Å². The minimum Gasteiger partial charge on any atom is -0.333 e. The predicted octanol–water partition coefficient (Wildman–Crippen LogP) is 5.68. The van der Waals surface area contributed by atoms with Crippen molar-refractivity contribution in [3.63, 3.8) is 0 Å². The van der Waals surface area contributed by atoms with Gasteiger partial charge < -0.3 is 4.90 Å². The first-order chi connectivity index (χ1) is 10.9. The summed E-state index contributed by atoms with van der Waals surface area (Å²) in [4.78, 5) is 2.48. The van der Waals surface area contributed by atoms with Crippen LogP contribution < -0.4 is 4.90 Å². The standard InChI is InChI=1S/C21H19N/c1-16-19-14-8-9-15-20(19)22(18-12-6-3-7-13-18)21(16)17-10-4-2-5-11-17/h2-16,21H,1H3/t16-,21-/m0/s1. The Kier molecular flexibility index (Phi) is 3.19. The smallest absolute Gasteiger partial charge is 0.0658 e. The van der Waals surface area contributed by atoms with Crippen LogP contribution in [0.15, 0.2) is 84.9 Å².